The molecule has 0 saturated heterocycles. The second-order valence-electron chi connectivity index (χ2n) is 4.22. The molecule has 1 aromatic heterocycles. The summed E-state index contributed by atoms with van der Waals surface area (Å²) >= 11 is 3.46. The first kappa shape index (κ1) is 13.8. The average Bonchev–Trinajstić information content (AvgIpc) is 2.87. The Bertz CT molecular complexity index is 608. The fourth-order valence-corrected chi connectivity index (χ4v) is 2.20. The van der Waals surface area contributed by atoms with Gasteiger partial charge in [-0.15, -0.1) is 0 Å². The molecule has 0 aliphatic rings. The van der Waals surface area contributed by atoms with Gasteiger partial charge in [0.15, 0.2) is 0 Å². The van der Waals surface area contributed by atoms with Crippen molar-refractivity contribution in [2.75, 3.05) is 7.05 Å². The van der Waals surface area contributed by atoms with Gasteiger partial charge in [0, 0.05) is 16.7 Å². The average molecular weight is 323 g/mol. The van der Waals surface area contributed by atoms with Crippen LogP contribution < -0.4 is 11.1 Å². The highest BCUT2D eigenvalue weighted by molar-refractivity contribution is 9.10. The molecule has 0 bridgehead atoms. The number of carbonyl (C=O) groups is 1. The van der Waals surface area contributed by atoms with Crippen LogP contribution in [-0.2, 0) is 0 Å². The van der Waals surface area contributed by atoms with Crippen molar-refractivity contribution in [3.63, 3.8) is 0 Å². The summed E-state index contributed by atoms with van der Waals surface area (Å²) in [7, 11) is 1.90. The van der Waals surface area contributed by atoms with Crippen LogP contribution in [0, 0.1) is 0 Å². The van der Waals surface area contributed by atoms with Crippen LogP contribution in [0.25, 0.3) is 5.69 Å². The van der Waals surface area contributed by atoms with Gasteiger partial charge in [-0.2, -0.15) is 5.10 Å². The van der Waals surface area contributed by atoms with E-state index in [4.69, 9.17) is 5.73 Å². The number of carbonyl (C=O) groups excluding carboxylic acids is 1. The third-order valence-electron chi connectivity index (χ3n) is 2.98. The van der Waals surface area contributed by atoms with Crippen LogP contribution in [0.5, 0.6) is 0 Å². The zero-order valence-electron chi connectivity index (χ0n) is 10.7. The monoisotopic (exact) mass is 322 g/mol. The van der Waals surface area contributed by atoms with Crippen LogP contribution in [0.3, 0.4) is 0 Å². The fraction of sp³-hybridized carbons (Fsp3) is 0.231. The molecule has 0 spiro atoms. The summed E-state index contributed by atoms with van der Waals surface area (Å²) in [6.07, 6.45) is 1.73. The van der Waals surface area contributed by atoms with Crippen molar-refractivity contribution >= 4 is 21.8 Å². The Balaban J connectivity index is 2.51. The van der Waals surface area contributed by atoms with Crippen molar-refractivity contribution in [1.29, 1.82) is 0 Å². The molecule has 1 aromatic carbocycles. The molecule has 0 aliphatic heterocycles. The number of nitrogens with two attached hydrogens (primary N) is 1. The van der Waals surface area contributed by atoms with E-state index in [0.717, 1.165) is 15.7 Å². The van der Waals surface area contributed by atoms with Crippen LogP contribution in [0.2, 0.25) is 0 Å². The summed E-state index contributed by atoms with van der Waals surface area (Å²) in [6.45, 7) is 2.06. The Morgan fingerprint density at radius 3 is 2.79 bits per heavy atom. The third kappa shape index (κ3) is 2.85. The SMILES string of the molecule is CNC(C)c1cc(Br)ccc1-n1ccc(C(N)=O)n1. The molecule has 100 valence electrons. The lowest BCUT2D eigenvalue weighted by atomic mass is 10.1. The standard InChI is InChI=1S/C13H15BrN4O/c1-8(16-2)10-7-9(14)3-4-12(10)18-6-5-11(17-18)13(15)19/h3-8,16H,1-2H3,(H2,15,19). The van der Waals surface area contributed by atoms with Crippen LogP contribution >= 0.6 is 15.9 Å². The fourth-order valence-electron chi connectivity index (χ4n) is 1.83. The van der Waals surface area contributed by atoms with E-state index in [0.29, 0.717) is 0 Å². The highest BCUT2D eigenvalue weighted by Crippen LogP contribution is 2.25. The number of hydrogen-bond donors (Lipinski definition) is 2. The van der Waals surface area contributed by atoms with Gasteiger partial charge in [0.2, 0.25) is 0 Å². The largest absolute Gasteiger partial charge is 0.364 e. The summed E-state index contributed by atoms with van der Waals surface area (Å²) in [5, 5.41) is 7.38. The number of amides is 1. The van der Waals surface area contributed by atoms with Crippen LogP contribution in [-0.4, -0.2) is 22.7 Å². The molecule has 5 nitrogen and oxygen atoms in total. The maximum absolute atomic E-state index is 11.1. The van der Waals surface area contributed by atoms with Gasteiger partial charge in [-0.3, -0.25) is 4.79 Å². The van der Waals surface area contributed by atoms with Crippen molar-refractivity contribution in [1.82, 2.24) is 15.1 Å². The van der Waals surface area contributed by atoms with Gasteiger partial charge in [-0.1, -0.05) is 15.9 Å². The first-order valence-corrected chi connectivity index (χ1v) is 6.64. The topological polar surface area (TPSA) is 72.9 Å². The predicted octanol–water partition coefficient (Wildman–Crippen LogP) is 2.01. The predicted molar refractivity (Wildman–Crippen MR) is 77.3 cm³/mol. The number of nitrogens with zero attached hydrogens (tertiary/aromatic N) is 2. The van der Waals surface area contributed by atoms with Gasteiger partial charge in [0.1, 0.15) is 5.69 Å². The second-order valence-corrected chi connectivity index (χ2v) is 5.14. The summed E-state index contributed by atoms with van der Waals surface area (Å²) in [5.41, 5.74) is 7.47. The molecular weight excluding hydrogens is 308 g/mol. The first-order valence-electron chi connectivity index (χ1n) is 5.85. The van der Waals surface area contributed by atoms with Gasteiger partial charge in [-0.25, -0.2) is 4.68 Å². The zero-order valence-corrected chi connectivity index (χ0v) is 12.3. The lowest BCUT2D eigenvalue weighted by Gasteiger charge is -2.16. The Morgan fingerprint density at radius 2 is 2.21 bits per heavy atom. The summed E-state index contributed by atoms with van der Waals surface area (Å²) < 4.78 is 2.66. The van der Waals surface area contributed by atoms with E-state index in [-0.39, 0.29) is 11.7 Å². The van der Waals surface area contributed by atoms with Gasteiger partial charge < -0.3 is 11.1 Å². The van der Waals surface area contributed by atoms with E-state index in [1.54, 1.807) is 16.9 Å². The number of halogens is 1. The zero-order chi connectivity index (χ0) is 14.0. The molecule has 3 N–H and O–H groups in total. The molecule has 0 aliphatic carbocycles. The molecule has 1 unspecified atom stereocenters. The van der Waals surface area contributed by atoms with Crippen LogP contribution in [0.4, 0.5) is 0 Å². The lowest BCUT2D eigenvalue weighted by Crippen LogP contribution is -2.16. The highest BCUT2D eigenvalue weighted by atomic mass is 79.9. The van der Waals surface area contributed by atoms with E-state index < -0.39 is 5.91 Å². The summed E-state index contributed by atoms with van der Waals surface area (Å²) in [4.78, 5) is 11.1. The van der Waals surface area contributed by atoms with E-state index >= 15 is 0 Å². The minimum absolute atomic E-state index is 0.161. The molecule has 1 amide bonds. The molecule has 19 heavy (non-hydrogen) atoms. The quantitative estimate of drug-likeness (QED) is 0.904. The molecule has 0 saturated carbocycles. The summed E-state index contributed by atoms with van der Waals surface area (Å²) in [6, 6.07) is 7.69. The van der Waals surface area contributed by atoms with E-state index in [1.165, 1.54) is 0 Å². The van der Waals surface area contributed by atoms with Gasteiger partial charge in [-0.05, 0) is 43.8 Å². The van der Waals surface area contributed by atoms with Crippen molar-refractivity contribution < 1.29 is 4.79 Å². The minimum Gasteiger partial charge on any atom is -0.364 e. The number of nitrogens with one attached hydrogen (secondary N) is 1. The third-order valence-corrected chi connectivity index (χ3v) is 3.47. The number of primary amides is 1. The molecule has 0 radical (unpaired) electrons. The van der Waals surface area contributed by atoms with E-state index in [2.05, 4.69) is 33.3 Å². The molecule has 2 rings (SSSR count). The number of benzene rings is 1. The van der Waals surface area contributed by atoms with Gasteiger partial charge >= 0.3 is 0 Å². The molecule has 1 atom stereocenters. The smallest absolute Gasteiger partial charge is 0.269 e. The van der Waals surface area contributed by atoms with Crippen LogP contribution in [0.1, 0.15) is 29.0 Å². The summed E-state index contributed by atoms with van der Waals surface area (Å²) in [5.74, 6) is -0.529. The van der Waals surface area contributed by atoms with E-state index in [9.17, 15) is 4.79 Å². The molecule has 2 aromatic rings. The number of hydrogen-bond acceptors (Lipinski definition) is 3. The maximum atomic E-state index is 11.1. The van der Waals surface area contributed by atoms with Crippen molar-refractivity contribution in [3.8, 4) is 5.69 Å². The molecular formula is C13H15BrN4O. The minimum atomic E-state index is -0.529. The normalized spacial score (nSPS) is 12.4. The van der Waals surface area contributed by atoms with Crippen molar-refractivity contribution in [2.45, 2.75) is 13.0 Å². The Labute approximate surface area is 119 Å². The van der Waals surface area contributed by atoms with E-state index in [1.807, 2.05) is 25.2 Å². The maximum Gasteiger partial charge on any atom is 0.269 e. The van der Waals surface area contributed by atoms with Crippen molar-refractivity contribution in [3.05, 3.63) is 46.2 Å². The second kappa shape index (κ2) is 5.54. The Kier molecular flexibility index (Phi) is 4.01. The lowest BCUT2D eigenvalue weighted by molar-refractivity contribution is 0.0995. The first-order chi connectivity index (χ1) is 9.02. The molecule has 1 heterocycles. The number of aromatic nitrogens is 2. The Hall–Kier alpha value is -1.66. The van der Waals surface area contributed by atoms with Crippen LogP contribution in [0.15, 0.2) is 34.9 Å². The van der Waals surface area contributed by atoms with Crippen molar-refractivity contribution in [2.24, 2.45) is 5.73 Å². The van der Waals surface area contributed by atoms with Gasteiger partial charge in [0.25, 0.3) is 5.91 Å². The van der Waals surface area contributed by atoms with Gasteiger partial charge in [0.05, 0.1) is 5.69 Å². The Morgan fingerprint density at radius 1 is 1.47 bits per heavy atom. The molecule has 6 heteroatoms. The molecule has 0 fully saturated rings. The highest BCUT2D eigenvalue weighted by Gasteiger charge is 2.13. The number of rotatable bonds is 4.